The van der Waals surface area contributed by atoms with Crippen LogP contribution in [0.1, 0.15) is 39.5 Å². The lowest BCUT2D eigenvalue weighted by atomic mass is 10.2. The van der Waals surface area contributed by atoms with E-state index in [9.17, 15) is 9.59 Å². The average Bonchev–Trinajstić information content (AvgIpc) is 2.66. The number of rotatable bonds is 4. The largest absolute Gasteiger partial charge is 0.464 e. The summed E-state index contributed by atoms with van der Waals surface area (Å²) in [5.41, 5.74) is 0. The van der Waals surface area contributed by atoms with Crippen LogP contribution in [0.4, 0.5) is 0 Å². The van der Waals surface area contributed by atoms with E-state index in [1.165, 1.54) is 6.92 Å². The van der Waals surface area contributed by atoms with E-state index >= 15 is 0 Å². The molecule has 1 aliphatic heterocycles. The van der Waals surface area contributed by atoms with Crippen LogP contribution in [0.5, 0.6) is 0 Å². The van der Waals surface area contributed by atoms with Crippen molar-refractivity contribution in [3.8, 4) is 0 Å². The summed E-state index contributed by atoms with van der Waals surface area (Å²) in [6.07, 6.45) is 3.53. The Morgan fingerprint density at radius 3 is 2.80 bits per heavy atom. The molecule has 15 heavy (non-hydrogen) atoms. The number of ether oxygens (including phenoxy) is 1. The van der Waals surface area contributed by atoms with E-state index < -0.39 is 0 Å². The van der Waals surface area contributed by atoms with Crippen molar-refractivity contribution in [2.45, 2.75) is 45.6 Å². The van der Waals surface area contributed by atoms with E-state index in [4.69, 9.17) is 4.74 Å². The molecule has 0 aromatic heterocycles. The second-order valence-corrected chi connectivity index (χ2v) is 3.89. The third-order valence-corrected chi connectivity index (χ3v) is 2.67. The number of unbranched alkanes of at least 4 members (excludes halogenated alkanes) is 1. The van der Waals surface area contributed by atoms with Crippen molar-refractivity contribution in [3.63, 3.8) is 0 Å². The van der Waals surface area contributed by atoms with Gasteiger partial charge in [-0.2, -0.15) is 0 Å². The van der Waals surface area contributed by atoms with Crippen molar-refractivity contribution >= 4 is 11.9 Å². The van der Waals surface area contributed by atoms with Crippen LogP contribution in [0.3, 0.4) is 0 Å². The lowest BCUT2D eigenvalue weighted by Gasteiger charge is -2.21. The number of hydrogen-bond acceptors (Lipinski definition) is 3. The summed E-state index contributed by atoms with van der Waals surface area (Å²) in [6, 6.07) is -0.334. The maximum Gasteiger partial charge on any atom is 0.328 e. The third-order valence-electron chi connectivity index (χ3n) is 2.67. The van der Waals surface area contributed by atoms with Crippen LogP contribution in [-0.2, 0) is 14.3 Å². The molecule has 1 atom stereocenters. The van der Waals surface area contributed by atoms with Gasteiger partial charge < -0.3 is 9.64 Å². The van der Waals surface area contributed by atoms with Crippen LogP contribution < -0.4 is 0 Å². The van der Waals surface area contributed by atoms with Gasteiger partial charge >= 0.3 is 5.97 Å². The number of hydrogen-bond donors (Lipinski definition) is 0. The minimum Gasteiger partial charge on any atom is -0.464 e. The second-order valence-electron chi connectivity index (χ2n) is 3.89. The van der Waals surface area contributed by atoms with Gasteiger partial charge in [0, 0.05) is 13.5 Å². The summed E-state index contributed by atoms with van der Waals surface area (Å²) in [4.78, 5) is 24.4. The van der Waals surface area contributed by atoms with Crippen LogP contribution >= 0.6 is 0 Å². The molecule has 0 bridgehead atoms. The van der Waals surface area contributed by atoms with Crippen molar-refractivity contribution in [1.82, 2.24) is 4.90 Å². The molecule has 86 valence electrons. The topological polar surface area (TPSA) is 46.6 Å². The molecule has 1 rings (SSSR count). The van der Waals surface area contributed by atoms with Gasteiger partial charge in [-0.05, 0) is 19.3 Å². The van der Waals surface area contributed by atoms with Crippen LogP contribution in [0.25, 0.3) is 0 Å². The molecular formula is C11H19NO3. The lowest BCUT2D eigenvalue weighted by molar-refractivity contribution is -0.153. The molecule has 1 amide bonds. The van der Waals surface area contributed by atoms with Crippen LogP contribution in [0, 0.1) is 0 Å². The summed E-state index contributed by atoms with van der Waals surface area (Å²) in [5, 5.41) is 0. The molecule has 1 unspecified atom stereocenters. The molecule has 1 heterocycles. The van der Waals surface area contributed by atoms with E-state index in [2.05, 4.69) is 0 Å². The number of amides is 1. The van der Waals surface area contributed by atoms with Crippen molar-refractivity contribution < 1.29 is 14.3 Å². The highest BCUT2D eigenvalue weighted by Crippen LogP contribution is 2.18. The standard InChI is InChI=1S/C11H19NO3/c1-3-4-8-15-11(14)10-6-5-7-12(10)9(2)13/h10H,3-8H2,1-2H3. The first-order valence-electron chi connectivity index (χ1n) is 5.60. The second kappa shape index (κ2) is 5.73. The van der Waals surface area contributed by atoms with Crippen LogP contribution in [-0.4, -0.2) is 36.0 Å². The van der Waals surface area contributed by atoms with E-state index in [0.29, 0.717) is 13.2 Å². The summed E-state index contributed by atoms with van der Waals surface area (Å²) < 4.78 is 5.11. The Kier molecular flexibility index (Phi) is 4.59. The molecular weight excluding hydrogens is 194 g/mol. The Hall–Kier alpha value is -1.06. The molecule has 1 fully saturated rings. The van der Waals surface area contributed by atoms with Gasteiger partial charge in [-0.3, -0.25) is 4.79 Å². The maximum absolute atomic E-state index is 11.6. The minimum absolute atomic E-state index is 0.0371. The first-order chi connectivity index (χ1) is 7.16. The Balaban J connectivity index is 2.40. The smallest absolute Gasteiger partial charge is 0.328 e. The van der Waals surface area contributed by atoms with Gasteiger partial charge in [0.2, 0.25) is 5.91 Å². The number of carbonyl (C=O) groups is 2. The van der Waals surface area contributed by atoms with Gasteiger partial charge in [-0.1, -0.05) is 13.3 Å². The lowest BCUT2D eigenvalue weighted by Crippen LogP contribution is -2.40. The van der Waals surface area contributed by atoms with Crippen molar-refractivity contribution in [2.24, 2.45) is 0 Å². The molecule has 4 nitrogen and oxygen atoms in total. The molecule has 1 saturated heterocycles. The first-order valence-corrected chi connectivity index (χ1v) is 5.60. The van der Waals surface area contributed by atoms with Crippen LogP contribution in [0.2, 0.25) is 0 Å². The molecule has 0 aliphatic carbocycles. The van der Waals surface area contributed by atoms with E-state index in [0.717, 1.165) is 25.7 Å². The van der Waals surface area contributed by atoms with E-state index in [1.807, 2.05) is 6.92 Å². The maximum atomic E-state index is 11.6. The predicted molar refractivity (Wildman–Crippen MR) is 56.3 cm³/mol. The highest BCUT2D eigenvalue weighted by Gasteiger charge is 2.33. The molecule has 0 aromatic rings. The third kappa shape index (κ3) is 3.22. The quantitative estimate of drug-likeness (QED) is 0.523. The SMILES string of the molecule is CCCCOC(=O)C1CCCN1C(C)=O. The zero-order valence-electron chi connectivity index (χ0n) is 9.49. The molecule has 0 aromatic carbocycles. The number of nitrogens with zero attached hydrogens (tertiary/aromatic N) is 1. The summed E-state index contributed by atoms with van der Waals surface area (Å²) >= 11 is 0. The van der Waals surface area contributed by atoms with Gasteiger partial charge in [-0.15, -0.1) is 0 Å². The zero-order chi connectivity index (χ0) is 11.3. The van der Waals surface area contributed by atoms with Crippen LogP contribution in [0.15, 0.2) is 0 Å². The summed E-state index contributed by atoms with van der Waals surface area (Å²) in [7, 11) is 0. The Morgan fingerprint density at radius 1 is 1.47 bits per heavy atom. The molecule has 0 spiro atoms. The number of carbonyl (C=O) groups excluding carboxylic acids is 2. The normalized spacial score (nSPS) is 20.4. The van der Waals surface area contributed by atoms with Crippen molar-refractivity contribution in [3.05, 3.63) is 0 Å². The molecule has 0 saturated carbocycles. The number of esters is 1. The fourth-order valence-electron chi connectivity index (χ4n) is 1.80. The molecule has 0 N–H and O–H groups in total. The predicted octanol–water partition coefficient (Wildman–Crippen LogP) is 1.34. The Morgan fingerprint density at radius 2 is 2.20 bits per heavy atom. The minimum atomic E-state index is -0.334. The fraction of sp³-hybridized carbons (Fsp3) is 0.818. The molecule has 4 heteroatoms. The monoisotopic (exact) mass is 213 g/mol. The van der Waals surface area contributed by atoms with E-state index in [1.54, 1.807) is 4.90 Å². The number of likely N-dealkylation sites (tertiary alicyclic amines) is 1. The molecule has 0 radical (unpaired) electrons. The van der Waals surface area contributed by atoms with Gasteiger partial charge in [0.1, 0.15) is 6.04 Å². The fourth-order valence-corrected chi connectivity index (χ4v) is 1.80. The molecule has 1 aliphatic rings. The van der Waals surface area contributed by atoms with Crippen molar-refractivity contribution in [1.29, 1.82) is 0 Å². The van der Waals surface area contributed by atoms with E-state index in [-0.39, 0.29) is 17.9 Å². The first kappa shape index (κ1) is 12.0. The average molecular weight is 213 g/mol. The Bertz CT molecular complexity index is 240. The van der Waals surface area contributed by atoms with Gasteiger partial charge in [0.25, 0.3) is 0 Å². The van der Waals surface area contributed by atoms with Crippen molar-refractivity contribution in [2.75, 3.05) is 13.2 Å². The highest BCUT2D eigenvalue weighted by molar-refractivity contribution is 5.83. The Labute approximate surface area is 90.6 Å². The van der Waals surface area contributed by atoms with Gasteiger partial charge in [0.05, 0.1) is 6.61 Å². The zero-order valence-corrected chi connectivity index (χ0v) is 9.49. The van der Waals surface area contributed by atoms with Gasteiger partial charge in [0.15, 0.2) is 0 Å². The summed E-state index contributed by atoms with van der Waals surface area (Å²) in [6.45, 7) is 4.70. The van der Waals surface area contributed by atoms with Gasteiger partial charge in [-0.25, -0.2) is 4.79 Å². The summed E-state index contributed by atoms with van der Waals surface area (Å²) in [5.74, 6) is -0.277. The highest BCUT2D eigenvalue weighted by atomic mass is 16.5.